The zero-order valence-electron chi connectivity index (χ0n) is 15.1. The predicted octanol–water partition coefficient (Wildman–Crippen LogP) is 1.76. The molecular weight excluding hydrogens is 350 g/mol. The van der Waals surface area contributed by atoms with E-state index in [1.807, 2.05) is 19.1 Å². The Morgan fingerprint density at radius 1 is 1.04 bits per heavy atom. The van der Waals surface area contributed by atoms with Gasteiger partial charge in [0.05, 0.1) is 18.4 Å². The van der Waals surface area contributed by atoms with Crippen LogP contribution in [-0.4, -0.2) is 48.2 Å². The van der Waals surface area contributed by atoms with Crippen LogP contribution in [0.3, 0.4) is 0 Å². The maximum atomic E-state index is 12.3. The Bertz CT molecular complexity index is 756. The van der Waals surface area contributed by atoms with Gasteiger partial charge >= 0.3 is 5.97 Å². The van der Waals surface area contributed by atoms with Gasteiger partial charge in [0.15, 0.2) is 12.4 Å². The molecule has 7 heteroatoms. The predicted molar refractivity (Wildman–Crippen MR) is 95.0 cm³/mol. The summed E-state index contributed by atoms with van der Waals surface area (Å²) in [5.41, 5.74) is 0.386. The summed E-state index contributed by atoms with van der Waals surface area (Å²) < 4.78 is 10.3. The van der Waals surface area contributed by atoms with Crippen LogP contribution in [0.2, 0.25) is 0 Å². The van der Waals surface area contributed by atoms with E-state index in [4.69, 9.17) is 9.47 Å². The highest BCUT2D eigenvalue weighted by molar-refractivity contribution is 6.07. The molecule has 3 rings (SSSR count). The number of imide groups is 1. The minimum atomic E-state index is -0.775. The average Bonchev–Trinajstić information content (AvgIpc) is 2.92. The van der Waals surface area contributed by atoms with E-state index >= 15 is 0 Å². The van der Waals surface area contributed by atoms with E-state index in [9.17, 15) is 19.2 Å². The van der Waals surface area contributed by atoms with Crippen molar-refractivity contribution in [1.82, 2.24) is 4.90 Å². The molecule has 2 atom stereocenters. The Morgan fingerprint density at radius 3 is 2.19 bits per heavy atom. The molecule has 1 heterocycles. The molecule has 0 saturated carbocycles. The largest absolute Gasteiger partial charge is 0.494 e. The normalized spacial score (nSPS) is 21.1. The van der Waals surface area contributed by atoms with Crippen molar-refractivity contribution < 1.29 is 28.7 Å². The van der Waals surface area contributed by atoms with Crippen LogP contribution in [0.25, 0.3) is 0 Å². The summed E-state index contributed by atoms with van der Waals surface area (Å²) in [7, 11) is 0. The van der Waals surface area contributed by atoms with Crippen molar-refractivity contribution in [1.29, 1.82) is 0 Å². The number of Topliss-reactive ketones (excluding diaryl/α,β-unsaturated/α-hetero) is 1. The molecule has 2 aliphatic rings. The van der Waals surface area contributed by atoms with Crippen molar-refractivity contribution in [3.05, 3.63) is 42.0 Å². The monoisotopic (exact) mass is 371 g/mol. The number of carbonyl (C=O) groups is 4. The van der Waals surface area contributed by atoms with Gasteiger partial charge in [-0.3, -0.25) is 24.1 Å². The number of hydrogen-bond acceptors (Lipinski definition) is 6. The van der Waals surface area contributed by atoms with E-state index in [2.05, 4.69) is 0 Å². The van der Waals surface area contributed by atoms with Crippen LogP contribution in [0.15, 0.2) is 36.4 Å². The van der Waals surface area contributed by atoms with Gasteiger partial charge in [0, 0.05) is 5.56 Å². The van der Waals surface area contributed by atoms with Crippen molar-refractivity contribution in [3.8, 4) is 5.75 Å². The first kappa shape index (κ1) is 18.8. The molecule has 1 saturated heterocycles. The minimum Gasteiger partial charge on any atom is -0.494 e. The number of allylic oxidation sites excluding steroid dienone is 2. The van der Waals surface area contributed by atoms with E-state index in [0.717, 1.165) is 4.90 Å². The highest BCUT2D eigenvalue weighted by Crippen LogP contribution is 2.34. The third-order valence-electron chi connectivity index (χ3n) is 4.74. The lowest BCUT2D eigenvalue weighted by atomic mass is 9.85. The Labute approximate surface area is 156 Å². The summed E-state index contributed by atoms with van der Waals surface area (Å²) in [6, 6.07) is 6.50. The van der Waals surface area contributed by atoms with Crippen molar-refractivity contribution in [3.63, 3.8) is 0 Å². The molecule has 0 aromatic heterocycles. The fourth-order valence-electron chi connectivity index (χ4n) is 3.33. The molecule has 7 nitrogen and oxygen atoms in total. The van der Waals surface area contributed by atoms with E-state index in [0.29, 0.717) is 30.8 Å². The van der Waals surface area contributed by atoms with Gasteiger partial charge in [-0.1, -0.05) is 12.2 Å². The number of benzene rings is 1. The highest BCUT2D eigenvalue weighted by Gasteiger charge is 2.47. The summed E-state index contributed by atoms with van der Waals surface area (Å²) in [6.07, 6.45) is 4.78. The molecule has 1 aromatic carbocycles. The number of rotatable bonds is 7. The lowest BCUT2D eigenvalue weighted by molar-refractivity contribution is -0.152. The number of esters is 1. The summed E-state index contributed by atoms with van der Waals surface area (Å²) in [4.78, 5) is 49.7. The molecule has 0 N–H and O–H groups in total. The van der Waals surface area contributed by atoms with Crippen molar-refractivity contribution in [2.45, 2.75) is 19.8 Å². The molecule has 142 valence electrons. The molecule has 1 fully saturated rings. The van der Waals surface area contributed by atoms with Crippen LogP contribution >= 0.6 is 0 Å². The number of likely N-dealkylation sites (tertiary alicyclic amines) is 1. The zero-order chi connectivity index (χ0) is 19.4. The van der Waals surface area contributed by atoms with Crippen molar-refractivity contribution >= 4 is 23.6 Å². The second-order valence-electron chi connectivity index (χ2n) is 6.46. The molecule has 2 amide bonds. The van der Waals surface area contributed by atoms with E-state index in [1.54, 1.807) is 24.3 Å². The van der Waals surface area contributed by atoms with Crippen LogP contribution < -0.4 is 4.74 Å². The van der Waals surface area contributed by atoms with Crippen LogP contribution in [0.4, 0.5) is 0 Å². The molecule has 27 heavy (non-hydrogen) atoms. The van der Waals surface area contributed by atoms with E-state index in [1.165, 1.54) is 0 Å². The highest BCUT2D eigenvalue weighted by atomic mass is 16.5. The summed E-state index contributed by atoms with van der Waals surface area (Å²) in [6.45, 7) is 1.48. The topological polar surface area (TPSA) is 90.0 Å². The summed E-state index contributed by atoms with van der Waals surface area (Å²) >= 11 is 0. The van der Waals surface area contributed by atoms with Gasteiger partial charge in [-0.25, -0.2) is 0 Å². The molecule has 2 unspecified atom stereocenters. The van der Waals surface area contributed by atoms with E-state index < -0.39 is 19.1 Å². The number of ether oxygens (including phenoxy) is 2. The van der Waals surface area contributed by atoms with Gasteiger partial charge in [0.1, 0.15) is 12.3 Å². The Balaban J connectivity index is 1.51. The number of ketones is 1. The van der Waals surface area contributed by atoms with Crippen molar-refractivity contribution in [2.75, 3.05) is 19.8 Å². The summed E-state index contributed by atoms with van der Waals surface area (Å²) in [5, 5.41) is 0. The first-order valence-corrected chi connectivity index (χ1v) is 8.93. The van der Waals surface area contributed by atoms with Gasteiger partial charge in [-0.05, 0) is 44.0 Å². The second-order valence-corrected chi connectivity index (χ2v) is 6.46. The van der Waals surface area contributed by atoms with Gasteiger partial charge in [0.2, 0.25) is 11.8 Å². The third-order valence-corrected chi connectivity index (χ3v) is 4.74. The number of hydrogen-bond donors (Lipinski definition) is 0. The van der Waals surface area contributed by atoms with Crippen LogP contribution in [-0.2, 0) is 19.1 Å². The van der Waals surface area contributed by atoms with Crippen molar-refractivity contribution in [2.24, 2.45) is 11.8 Å². The quantitative estimate of drug-likeness (QED) is 0.314. The number of nitrogens with zero attached hydrogens (tertiary/aromatic N) is 1. The first-order valence-electron chi connectivity index (χ1n) is 8.93. The Kier molecular flexibility index (Phi) is 5.69. The third kappa shape index (κ3) is 4.07. The number of carbonyl (C=O) groups excluding carboxylic acids is 4. The molecule has 1 aliphatic carbocycles. The van der Waals surface area contributed by atoms with Crippen LogP contribution in [0, 0.1) is 11.8 Å². The Hall–Kier alpha value is -2.96. The molecule has 0 spiro atoms. The molecule has 1 aromatic rings. The second kappa shape index (κ2) is 8.16. The minimum absolute atomic E-state index is 0.343. The fraction of sp³-hybridized carbons (Fsp3) is 0.400. The molecule has 0 radical (unpaired) electrons. The lowest BCUT2D eigenvalue weighted by Crippen LogP contribution is -2.37. The molecule has 1 aliphatic heterocycles. The maximum Gasteiger partial charge on any atom is 0.326 e. The number of fused-ring (bicyclic) bond motifs is 1. The van der Waals surface area contributed by atoms with Crippen LogP contribution in [0.5, 0.6) is 5.75 Å². The maximum absolute atomic E-state index is 12.3. The van der Waals surface area contributed by atoms with E-state index in [-0.39, 0.29) is 29.4 Å². The summed E-state index contributed by atoms with van der Waals surface area (Å²) in [5.74, 6) is -1.96. The number of amides is 2. The fourth-order valence-corrected chi connectivity index (χ4v) is 3.33. The standard InChI is InChI=1S/C20H21NO6/c1-2-26-14-9-7-13(8-10-14)17(22)12-27-18(23)11-21-19(24)15-5-3-4-6-16(15)20(21)25/h3-4,7-10,15-16H,2,5-6,11-12H2,1H3. The Morgan fingerprint density at radius 2 is 1.63 bits per heavy atom. The van der Waals surface area contributed by atoms with Gasteiger partial charge in [0.25, 0.3) is 0 Å². The average molecular weight is 371 g/mol. The smallest absolute Gasteiger partial charge is 0.326 e. The molecular formula is C20H21NO6. The van der Waals surface area contributed by atoms with Crippen LogP contribution in [0.1, 0.15) is 30.1 Å². The lowest BCUT2D eigenvalue weighted by Gasteiger charge is -2.14. The zero-order valence-corrected chi connectivity index (χ0v) is 15.1. The van der Waals surface area contributed by atoms with Gasteiger partial charge in [-0.15, -0.1) is 0 Å². The first-order chi connectivity index (χ1) is 13.0. The molecule has 0 bridgehead atoms. The SMILES string of the molecule is CCOc1ccc(C(=O)COC(=O)CN2C(=O)C3CC=CCC3C2=O)cc1. The van der Waals surface area contributed by atoms with Gasteiger partial charge in [-0.2, -0.15) is 0 Å². The van der Waals surface area contributed by atoms with Gasteiger partial charge < -0.3 is 9.47 Å².